The maximum absolute atomic E-state index is 14.8. The number of nitrogens with zero attached hydrogens (tertiary/aromatic N) is 4. The molecule has 2 aromatic rings. The number of nitrogens with one attached hydrogen (secondary N) is 3. The van der Waals surface area contributed by atoms with Crippen molar-refractivity contribution < 1.29 is 62.5 Å². The van der Waals surface area contributed by atoms with Crippen molar-refractivity contribution in [3.8, 4) is 0 Å². The van der Waals surface area contributed by atoms with Crippen LogP contribution in [0.3, 0.4) is 0 Å². The monoisotopic (exact) mass is 1160 g/mol. The summed E-state index contributed by atoms with van der Waals surface area (Å²) in [6.45, 7) is 15.3. The summed E-state index contributed by atoms with van der Waals surface area (Å²) in [4.78, 5) is 126. The predicted molar refractivity (Wildman–Crippen MR) is 315 cm³/mol. The zero-order valence-corrected chi connectivity index (χ0v) is 51.5. The summed E-state index contributed by atoms with van der Waals surface area (Å²) in [6, 6.07) is 13.3. The number of benzene rings is 2. The molecule has 21 heteroatoms. The highest BCUT2D eigenvalue weighted by Gasteiger charge is 2.44. The summed E-state index contributed by atoms with van der Waals surface area (Å²) >= 11 is 1.37. The highest BCUT2D eigenvalue weighted by atomic mass is 32.2. The van der Waals surface area contributed by atoms with Gasteiger partial charge in [-0.3, -0.25) is 43.3 Å². The van der Waals surface area contributed by atoms with Gasteiger partial charge >= 0.3 is 6.09 Å². The van der Waals surface area contributed by atoms with E-state index in [2.05, 4.69) is 16.0 Å². The molecule has 456 valence electrons. The molecule has 11 atom stereocenters. The summed E-state index contributed by atoms with van der Waals surface area (Å²) in [5, 5.41) is 18.9. The molecule has 8 amide bonds. The van der Waals surface area contributed by atoms with Crippen LogP contribution >= 0.6 is 11.8 Å². The predicted octanol–water partition coefficient (Wildman–Crippen LogP) is 6.78. The minimum atomic E-state index is -0.922. The molecule has 0 aromatic heterocycles. The average molecular weight is 1160 g/mol. The van der Waals surface area contributed by atoms with Gasteiger partial charge in [-0.1, -0.05) is 104 Å². The smallest absolute Gasteiger partial charge is 0.410 e. The fourth-order valence-electron chi connectivity index (χ4n) is 11.2. The van der Waals surface area contributed by atoms with Crippen LogP contribution in [0.5, 0.6) is 0 Å². The van der Waals surface area contributed by atoms with Gasteiger partial charge in [0, 0.05) is 72.3 Å². The number of aliphatic hydroxyl groups is 1. The number of Topliss-reactive ketones (excluding diaryl/α,β-unsaturated/α-hetero) is 1. The largest absolute Gasteiger partial charge is 0.445 e. The quantitative estimate of drug-likeness (QED) is 0.0425. The molecule has 20 nitrogen and oxygen atoms in total. The summed E-state index contributed by atoms with van der Waals surface area (Å²) in [6.07, 6.45) is 2.77. The van der Waals surface area contributed by atoms with Gasteiger partial charge in [0.05, 0.1) is 66.6 Å². The first kappa shape index (κ1) is 68.6. The van der Waals surface area contributed by atoms with E-state index < -0.39 is 66.3 Å². The molecule has 0 radical (unpaired) electrons. The van der Waals surface area contributed by atoms with Crippen LogP contribution in [0.25, 0.3) is 0 Å². The second-order valence-corrected chi connectivity index (χ2v) is 23.8. The second-order valence-electron chi connectivity index (χ2n) is 22.8. The molecule has 4 N–H and O–H groups in total. The Kier molecular flexibility index (Phi) is 27.9. The van der Waals surface area contributed by atoms with Crippen LogP contribution in [0.1, 0.15) is 137 Å². The molecule has 2 aliphatic rings. The van der Waals surface area contributed by atoms with Crippen molar-refractivity contribution >= 4 is 70.7 Å². The number of thioether (sulfide) groups is 1. The number of hydrogen-bond donors (Lipinski definition) is 4. The van der Waals surface area contributed by atoms with Crippen LogP contribution in [0.4, 0.5) is 10.5 Å². The Balaban J connectivity index is 1.30. The van der Waals surface area contributed by atoms with Crippen molar-refractivity contribution in [2.24, 2.45) is 29.6 Å². The second kappa shape index (κ2) is 33.4. The topological polar surface area (TPSA) is 251 Å². The number of imide groups is 1. The number of carbonyl (C=O) groups excluding carboxylic acids is 9. The normalized spacial score (nSPS) is 18.7. The van der Waals surface area contributed by atoms with Crippen molar-refractivity contribution in [1.29, 1.82) is 0 Å². The fraction of sp³-hybridized carbons (Fsp3) is 0.656. The third-order valence-electron chi connectivity index (χ3n) is 16.3. The highest BCUT2D eigenvalue weighted by molar-refractivity contribution is 8.00. The maximum Gasteiger partial charge on any atom is 0.410 e. The molecular formula is C61H93N7O13S. The number of ketones is 1. The van der Waals surface area contributed by atoms with E-state index in [1.165, 1.54) is 42.8 Å². The van der Waals surface area contributed by atoms with E-state index >= 15 is 0 Å². The molecule has 1 unspecified atom stereocenters. The van der Waals surface area contributed by atoms with Gasteiger partial charge in [-0.15, -0.1) is 0 Å². The molecule has 4 rings (SSSR count). The number of unbranched alkanes of at least 4 members (excludes halogenated alkanes) is 2. The van der Waals surface area contributed by atoms with Crippen LogP contribution in [-0.4, -0.2) is 174 Å². The van der Waals surface area contributed by atoms with E-state index in [0.717, 1.165) is 0 Å². The van der Waals surface area contributed by atoms with E-state index in [-0.39, 0.29) is 103 Å². The SMILES string of the molecule is CC[C@H](C)[C@@H]([C@@H](CC(=O)N1CCC[C@H]1[C@H](OC)[C@@H](C)C(=O)N[C@H](C)[C@@H](O)c1ccccc1)OC)N(C)C(=O)[C@@H](CC(=O)[C@H](C(C)C)N(C)C(=O)OCc1ccc(NC(=O)CNC(=O)CCCCCN2C(=O)CC(SC)C2=O)cc1)C(C)C. The van der Waals surface area contributed by atoms with Gasteiger partial charge in [0.15, 0.2) is 5.78 Å². The molecule has 0 spiro atoms. The average Bonchev–Trinajstić information content (AvgIpc) is 4.07. The Morgan fingerprint density at radius 3 is 2.09 bits per heavy atom. The van der Waals surface area contributed by atoms with Crippen LogP contribution in [0.15, 0.2) is 54.6 Å². The maximum atomic E-state index is 14.8. The summed E-state index contributed by atoms with van der Waals surface area (Å²) in [7, 11) is 6.24. The lowest BCUT2D eigenvalue weighted by Gasteiger charge is -2.41. The highest BCUT2D eigenvalue weighted by Crippen LogP contribution is 2.32. The van der Waals surface area contributed by atoms with Crippen LogP contribution in [-0.2, 0) is 59.2 Å². The number of anilines is 1. The Morgan fingerprint density at radius 2 is 1.50 bits per heavy atom. The Morgan fingerprint density at radius 1 is 0.829 bits per heavy atom. The molecule has 82 heavy (non-hydrogen) atoms. The van der Waals surface area contributed by atoms with Gasteiger partial charge in [-0.05, 0) is 79.9 Å². The minimum Gasteiger partial charge on any atom is -0.445 e. The molecule has 0 aliphatic carbocycles. The number of hydrogen-bond acceptors (Lipinski definition) is 14. The fourth-order valence-corrected chi connectivity index (χ4v) is 11.9. The summed E-state index contributed by atoms with van der Waals surface area (Å²) < 4.78 is 17.7. The van der Waals surface area contributed by atoms with Gasteiger partial charge in [0.2, 0.25) is 41.4 Å². The molecule has 2 fully saturated rings. The Bertz CT molecular complexity index is 2450. The van der Waals surface area contributed by atoms with E-state index in [9.17, 15) is 48.3 Å². The third kappa shape index (κ3) is 19.1. The Hall–Kier alpha value is -5.90. The van der Waals surface area contributed by atoms with Gasteiger partial charge in [0.1, 0.15) is 6.61 Å². The lowest BCUT2D eigenvalue weighted by atomic mass is 9.83. The Labute approximate surface area is 490 Å². The van der Waals surface area contributed by atoms with Gasteiger partial charge in [-0.2, -0.15) is 11.8 Å². The summed E-state index contributed by atoms with van der Waals surface area (Å²) in [5.74, 6) is -4.32. The van der Waals surface area contributed by atoms with Crippen molar-refractivity contribution in [1.82, 2.24) is 30.2 Å². The van der Waals surface area contributed by atoms with Crippen LogP contribution in [0, 0.1) is 29.6 Å². The van der Waals surface area contributed by atoms with Crippen molar-refractivity contribution in [3.05, 3.63) is 65.7 Å². The van der Waals surface area contributed by atoms with Crippen molar-refractivity contribution in [2.45, 2.75) is 174 Å². The van der Waals surface area contributed by atoms with E-state index in [0.29, 0.717) is 68.4 Å². The number of amides is 8. The number of likely N-dealkylation sites (tertiary alicyclic amines) is 2. The molecule has 2 aromatic carbocycles. The number of aliphatic hydroxyl groups excluding tert-OH is 1. The van der Waals surface area contributed by atoms with Gasteiger partial charge in [-0.25, -0.2) is 4.79 Å². The number of ether oxygens (including phenoxy) is 3. The first-order valence-corrected chi connectivity index (χ1v) is 30.3. The lowest BCUT2D eigenvalue weighted by Crippen LogP contribution is -2.55. The third-order valence-corrected chi connectivity index (χ3v) is 17.2. The molecule has 0 saturated carbocycles. The molecule has 2 saturated heterocycles. The molecule has 2 heterocycles. The van der Waals surface area contributed by atoms with Gasteiger partial charge < -0.3 is 50.0 Å². The number of carbonyl (C=O) groups is 9. The van der Waals surface area contributed by atoms with E-state index in [1.54, 1.807) is 67.1 Å². The lowest BCUT2D eigenvalue weighted by molar-refractivity contribution is -0.149. The first-order chi connectivity index (χ1) is 38.9. The zero-order valence-electron chi connectivity index (χ0n) is 50.6. The molecule has 0 bridgehead atoms. The standard InChI is InChI=1S/C61H93N7O13S/c1-14-39(6)55(48(79-11)33-52(72)67-31-21-24-46(67)57(80-12)40(7)58(75)63-41(8)56(74)43-22-17-15-18-23-43)65(9)59(76)45(37(2)3)32-47(69)54(38(4)5)66(10)61(78)81-36-42-26-28-44(29-27-42)64-51(71)35-62-50(70)25-19-16-20-30-68-53(73)34-49(82-13)60(68)77/h15,17-18,22-23,26-29,37-41,45-46,48-49,54-57,74H,14,16,19-21,24-25,30-36H2,1-13H3,(H,62,70)(H,63,75)(H,64,71)/t39-,40+,41+,45-,46-,48+,49?,54-,55-,56+,57+/m0/s1. The van der Waals surface area contributed by atoms with E-state index in [1.807, 2.05) is 66.0 Å². The summed E-state index contributed by atoms with van der Waals surface area (Å²) in [5.41, 5.74) is 1.76. The van der Waals surface area contributed by atoms with Crippen LogP contribution < -0.4 is 16.0 Å². The van der Waals surface area contributed by atoms with Crippen molar-refractivity contribution in [2.75, 3.05) is 59.5 Å². The number of methoxy groups -OCH3 is 2. The molecule has 2 aliphatic heterocycles. The minimum absolute atomic E-state index is 0.0495. The van der Waals surface area contributed by atoms with Gasteiger partial charge in [0.25, 0.3) is 0 Å². The van der Waals surface area contributed by atoms with E-state index in [4.69, 9.17) is 14.2 Å². The number of likely N-dealkylation sites (N-methyl/N-ethyl adjacent to an activating group) is 2. The first-order valence-electron chi connectivity index (χ1n) is 29.0. The van der Waals surface area contributed by atoms with Crippen LogP contribution in [0.2, 0.25) is 0 Å². The zero-order chi connectivity index (χ0) is 61.0. The molecular weight excluding hydrogens is 1070 g/mol. The van der Waals surface area contributed by atoms with Crippen molar-refractivity contribution in [3.63, 3.8) is 0 Å². The number of rotatable bonds is 33.